The number of nitrogens with zero attached hydrogens (tertiary/aromatic N) is 2. The van der Waals surface area contributed by atoms with E-state index in [0.717, 1.165) is 69.7 Å². The second kappa shape index (κ2) is 10.3. The number of nitrogens with one attached hydrogen (secondary N) is 2. The highest BCUT2D eigenvalue weighted by Gasteiger charge is 2.23. The Hall–Kier alpha value is -2.08. The monoisotopic (exact) mass is 372 g/mol. The third-order valence-electron chi connectivity index (χ3n) is 5.08. The summed E-state index contributed by atoms with van der Waals surface area (Å²) in [5, 5.41) is 6.57. The van der Waals surface area contributed by atoms with Gasteiger partial charge in [-0.1, -0.05) is 18.2 Å². The molecule has 0 unspecified atom stereocenters. The SMILES string of the molecule is CN=C(NCCCOCC1CC1)NCCCC(=O)N1CCc2ccccc21. The molecule has 1 aromatic carbocycles. The Kier molecular flexibility index (Phi) is 7.51. The third kappa shape index (κ3) is 6.24. The lowest BCUT2D eigenvalue weighted by molar-refractivity contribution is -0.118. The number of para-hydroxylation sites is 1. The van der Waals surface area contributed by atoms with Crippen LogP contribution in [0.3, 0.4) is 0 Å². The number of benzene rings is 1. The first-order valence-corrected chi connectivity index (χ1v) is 10.2. The molecule has 0 aromatic heterocycles. The highest BCUT2D eigenvalue weighted by Crippen LogP contribution is 2.29. The number of aliphatic imine (C=N–C) groups is 1. The Labute approximate surface area is 162 Å². The molecule has 2 aliphatic rings. The standard InChI is InChI=1S/C21H32N4O2/c1-22-21(24-13-5-15-27-16-17-9-10-17)23-12-4-8-20(26)25-14-11-18-6-2-3-7-19(18)25/h2-3,6-7,17H,4-5,8-16H2,1H3,(H2,22,23,24). The van der Waals surface area contributed by atoms with Crippen molar-refractivity contribution in [3.8, 4) is 0 Å². The highest BCUT2D eigenvalue weighted by atomic mass is 16.5. The Morgan fingerprint density at radius 3 is 2.78 bits per heavy atom. The first-order valence-electron chi connectivity index (χ1n) is 10.2. The predicted octanol–water partition coefficient (Wildman–Crippen LogP) is 2.34. The Morgan fingerprint density at radius 2 is 2.00 bits per heavy atom. The molecule has 1 aliphatic heterocycles. The van der Waals surface area contributed by atoms with Crippen LogP contribution < -0.4 is 15.5 Å². The van der Waals surface area contributed by atoms with Gasteiger partial charge in [0.25, 0.3) is 0 Å². The van der Waals surface area contributed by atoms with E-state index >= 15 is 0 Å². The van der Waals surface area contributed by atoms with Gasteiger partial charge in [0.15, 0.2) is 5.96 Å². The fourth-order valence-electron chi connectivity index (χ4n) is 3.31. The molecule has 3 rings (SSSR count). The number of anilines is 1. The van der Waals surface area contributed by atoms with E-state index < -0.39 is 0 Å². The quantitative estimate of drug-likeness (QED) is 0.376. The lowest BCUT2D eigenvalue weighted by Crippen LogP contribution is -2.39. The molecule has 0 atom stereocenters. The maximum absolute atomic E-state index is 12.5. The van der Waals surface area contributed by atoms with Gasteiger partial charge < -0.3 is 20.3 Å². The van der Waals surface area contributed by atoms with E-state index in [0.29, 0.717) is 6.42 Å². The molecule has 1 heterocycles. The maximum Gasteiger partial charge on any atom is 0.227 e. The zero-order valence-corrected chi connectivity index (χ0v) is 16.4. The van der Waals surface area contributed by atoms with Crippen LogP contribution >= 0.6 is 0 Å². The molecule has 6 heteroatoms. The molecule has 0 saturated heterocycles. The summed E-state index contributed by atoms with van der Waals surface area (Å²) in [4.78, 5) is 18.6. The maximum atomic E-state index is 12.5. The number of carbonyl (C=O) groups excluding carboxylic acids is 1. The fourth-order valence-corrected chi connectivity index (χ4v) is 3.31. The average Bonchev–Trinajstić information content (AvgIpc) is 3.42. The number of hydrogen-bond acceptors (Lipinski definition) is 3. The van der Waals surface area contributed by atoms with Crippen LogP contribution in [0.15, 0.2) is 29.3 Å². The van der Waals surface area contributed by atoms with Crippen LogP contribution in [0, 0.1) is 5.92 Å². The summed E-state index contributed by atoms with van der Waals surface area (Å²) in [5.74, 6) is 1.82. The smallest absolute Gasteiger partial charge is 0.227 e. The van der Waals surface area contributed by atoms with E-state index in [1.54, 1.807) is 7.05 Å². The van der Waals surface area contributed by atoms with Crippen LogP contribution in [0.2, 0.25) is 0 Å². The second-order valence-corrected chi connectivity index (χ2v) is 7.33. The van der Waals surface area contributed by atoms with Crippen molar-refractivity contribution in [3.63, 3.8) is 0 Å². The minimum absolute atomic E-state index is 0.206. The van der Waals surface area contributed by atoms with Crippen molar-refractivity contribution in [2.75, 3.05) is 44.8 Å². The summed E-state index contributed by atoms with van der Waals surface area (Å²) in [7, 11) is 1.77. The van der Waals surface area contributed by atoms with Gasteiger partial charge in [0, 0.05) is 52.0 Å². The van der Waals surface area contributed by atoms with Crippen LogP contribution in [-0.4, -0.2) is 51.8 Å². The molecule has 6 nitrogen and oxygen atoms in total. The van der Waals surface area contributed by atoms with Crippen LogP contribution in [0.25, 0.3) is 0 Å². The number of rotatable bonds is 10. The predicted molar refractivity (Wildman–Crippen MR) is 109 cm³/mol. The third-order valence-corrected chi connectivity index (χ3v) is 5.08. The van der Waals surface area contributed by atoms with Crippen LogP contribution in [0.4, 0.5) is 5.69 Å². The van der Waals surface area contributed by atoms with E-state index in [-0.39, 0.29) is 5.91 Å². The molecule has 148 valence electrons. The largest absolute Gasteiger partial charge is 0.381 e. The zero-order chi connectivity index (χ0) is 18.9. The fraction of sp³-hybridized carbons (Fsp3) is 0.619. The minimum atomic E-state index is 0.206. The molecule has 0 spiro atoms. The Morgan fingerprint density at radius 1 is 1.22 bits per heavy atom. The summed E-state index contributed by atoms with van der Waals surface area (Å²) >= 11 is 0. The molecule has 0 radical (unpaired) electrons. The number of guanidine groups is 1. The highest BCUT2D eigenvalue weighted by molar-refractivity contribution is 5.95. The number of ether oxygens (including phenoxy) is 1. The van der Waals surface area contributed by atoms with Crippen molar-refractivity contribution in [2.45, 2.75) is 38.5 Å². The van der Waals surface area contributed by atoms with Gasteiger partial charge in [0.05, 0.1) is 0 Å². The summed E-state index contributed by atoms with van der Waals surface area (Å²) in [6.07, 6.45) is 5.95. The van der Waals surface area contributed by atoms with Gasteiger partial charge in [-0.05, 0) is 49.7 Å². The van der Waals surface area contributed by atoms with E-state index in [4.69, 9.17) is 4.74 Å². The molecule has 0 bridgehead atoms. The molecule has 1 amide bonds. The number of fused-ring (bicyclic) bond motifs is 1. The summed E-state index contributed by atoms with van der Waals surface area (Å²) < 4.78 is 5.63. The van der Waals surface area contributed by atoms with Crippen molar-refractivity contribution < 1.29 is 9.53 Å². The van der Waals surface area contributed by atoms with Gasteiger partial charge in [-0.3, -0.25) is 9.79 Å². The minimum Gasteiger partial charge on any atom is -0.381 e. The van der Waals surface area contributed by atoms with Crippen LogP contribution in [0.1, 0.15) is 37.7 Å². The van der Waals surface area contributed by atoms with E-state index in [1.807, 2.05) is 23.1 Å². The van der Waals surface area contributed by atoms with Gasteiger partial charge in [-0.2, -0.15) is 0 Å². The van der Waals surface area contributed by atoms with Crippen LogP contribution in [0.5, 0.6) is 0 Å². The molecule has 1 aliphatic carbocycles. The lowest BCUT2D eigenvalue weighted by Gasteiger charge is -2.17. The Bertz CT molecular complexity index is 643. The molecule has 1 aromatic rings. The van der Waals surface area contributed by atoms with Crippen molar-refractivity contribution in [3.05, 3.63) is 29.8 Å². The number of hydrogen-bond donors (Lipinski definition) is 2. The second-order valence-electron chi connectivity index (χ2n) is 7.33. The van der Waals surface area contributed by atoms with Crippen molar-refractivity contribution >= 4 is 17.6 Å². The number of amides is 1. The topological polar surface area (TPSA) is 66.0 Å². The molecule has 1 fully saturated rings. The Balaban J connectivity index is 1.25. The summed E-state index contributed by atoms with van der Waals surface area (Å²) in [6, 6.07) is 8.18. The van der Waals surface area contributed by atoms with Crippen molar-refractivity contribution in [2.24, 2.45) is 10.9 Å². The molecule has 1 saturated carbocycles. The normalized spacial score (nSPS) is 16.3. The lowest BCUT2D eigenvalue weighted by atomic mass is 10.2. The summed E-state index contributed by atoms with van der Waals surface area (Å²) in [5.41, 5.74) is 2.35. The molecule has 27 heavy (non-hydrogen) atoms. The van der Waals surface area contributed by atoms with Gasteiger partial charge in [-0.25, -0.2) is 0 Å². The first kappa shape index (κ1) is 19.7. The van der Waals surface area contributed by atoms with Crippen molar-refractivity contribution in [1.82, 2.24) is 10.6 Å². The first-order chi connectivity index (χ1) is 13.3. The van der Waals surface area contributed by atoms with E-state index in [9.17, 15) is 4.79 Å². The van der Waals surface area contributed by atoms with Crippen LogP contribution in [-0.2, 0) is 16.0 Å². The zero-order valence-electron chi connectivity index (χ0n) is 16.4. The molecule has 2 N–H and O–H groups in total. The van der Waals surface area contributed by atoms with E-state index in [2.05, 4.69) is 21.7 Å². The number of carbonyl (C=O) groups is 1. The van der Waals surface area contributed by atoms with Gasteiger partial charge in [0.1, 0.15) is 0 Å². The summed E-state index contributed by atoms with van der Waals surface area (Å²) in [6.45, 7) is 4.10. The molecular formula is C21H32N4O2. The average molecular weight is 373 g/mol. The van der Waals surface area contributed by atoms with Gasteiger partial charge in [0.2, 0.25) is 5.91 Å². The van der Waals surface area contributed by atoms with E-state index in [1.165, 1.54) is 18.4 Å². The van der Waals surface area contributed by atoms with Gasteiger partial charge in [-0.15, -0.1) is 0 Å². The molecular weight excluding hydrogens is 340 g/mol. The van der Waals surface area contributed by atoms with Gasteiger partial charge >= 0.3 is 0 Å². The van der Waals surface area contributed by atoms with Crippen molar-refractivity contribution in [1.29, 1.82) is 0 Å².